The van der Waals surface area contributed by atoms with Crippen LogP contribution >= 0.6 is 0 Å². The lowest BCUT2D eigenvalue weighted by Gasteiger charge is -2.46. The van der Waals surface area contributed by atoms with Crippen molar-refractivity contribution in [3.8, 4) is 6.07 Å². The third-order valence-corrected chi connectivity index (χ3v) is 5.50. The maximum atomic E-state index is 11.6. The lowest BCUT2D eigenvalue weighted by molar-refractivity contribution is -0.150. The molecule has 0 aromatic carbocycles. The van der Waals surface area contributed by atoms with E-state index in [0.29, 0.717) is 12.8 Å². The van der Waals surface area contributed by atoms with Crippen LogP contribution in [0.15, 0.2) is 0 Å². The minimum atomic E-state index is -3.61. The normalized spacial score (nSPS) is 30.5. The third kappa shape index (κ3) is 3.45. The van der Waals surface area contributed by atoms with E-state index in [1.807, 2.05) is 20.8 Å². The number of nitrogens with zero attached hydrogens (tertiary/aromatic N) is 1. The Kier molecular flexibility index (Phi) is 4.59. The average molecular weight is 288 g/mol. The summed E-state index contributed by atoms with van der Waals surface area (Å²) < 4.78 is 25.8. The van der Waals surface area contributed by atoms with Gasteiger partial charge in [-0.3, -0.25) is 4.79 Å². The Morgan fingerprint density at radius 3 is 2.53 bits per heavy atom. The molecular weight excluding hydrogens is 268 g/mol. The lowest BCUT2D eigenvalue weighted by Crippen LogP contribution is -2.52. The minimum Gasteiger partial charge on any atom is -0.481 e. The molecule has 108 valence electrons. The van der Waals surface area contributed by atoms with E-state index in [4.69, 9.17) is 5.26 Å². The Labute approximate surface area is 113 Å². The summed E-state index contributed by atoms with van der Waals surface area (Å²) in [5.41, 5.74) is -0.496. The number of sulfonamides is 1. The largest absolute Gasteiger partial charge is 0.481 e. The van der Waals surface area contributed by atoms with Gasteiger partial charge in [-0.15, -0.1) is 0 Å². The second kappa shape index (κ2) is 5.47. The van der Waals surface area contributed by atoms with Crippen molar-refractivity contribution in [3.05, 3.63) is 0 Å². The van der Waals surface area contributed by atoms with Gasteiger partial charge < -0.3 is 5.11 Å². The monoisotopic (exact) mass is 288 g/mol. The zero-order valence-electron chi connectivity index (χ0n) is 11.4. The summed E-state index contributed by atoms with van der Waals surface area (Å²) >= 11 is 0. The number of nitriles is 1. The fourth-order valence-corrected chi connectivity index (χ4v) is 3.80. The molecule has 7 heteroatoms. The average Bonchev–Trinajstić information content (AvgIpc) is 2.24. The van der Waals surface area contributed by atoms with Gasteiger partial charge in [0.1, 0.15) is 0 Å². The predicted molar refractivity (Wildman–Crippen MR) is 69.6 cm³/mol. The molecule has 1 aliphatic carbocycles. The molecule has 1 aliphatic rings. The second-order valence-electron chi connectivity index (χ2n) is 5.72. The topological polar surface area (TPSA) is 107 Å². The maximum absolute atomic E-state index is 11.6. The van der Waals surface area contributed by atoms with E-state index in [-0.39, 0.29) is 12.0 Å². The number of carboxylic acid groups (broad SMARTS) is 1. The fourth-order valence-electron chi connectivity index (χ4n) is 2.76. The third-order valence-electron chi connectivity index (χ3n) is 4.33. The summed E-state index contributed by atoms with van der Waals surface area (Å²) in [6.07, 6.45) is 0.915. The zero-order valence-corrected chi connectivity index (χ0v) is 12.2. The molecule has 0 aliphatic heterocycles. The number of carboxylic acids is 1. The van der Waals surface area contributed by atoms with Gasteiger partial charge in [0, 0.05) is 6.04 Å². The lowest BCUT2D eigenvalue weighted by atomic mass is 9.61. The van der Waals surface area contributed by atoms with Gasteiger partial charge in [-0.1, -0.05) is 20.8 Å². The van der Waals surface area contributed by atoms with Crippen LogP contribution < -0.4 is 4.72 Å². The van der Waals surface area contributed by atoms with Gasteiger partial charge in [-0.2, -0.15) is 5.26 Å². The van der Waals surface area contributed by atoms with E-state index in [1.165, 1.54) is 0 Å². The molecule has 3 unspecified atom stereocenters. The van der Waals surface area contributed by atoms with Gasteiger partial charge in [-0.05, 0) is 24.2 Å². The van der Waals surface area contributed by atoms with Crippen molar-refractivity contribution >= 4 is 16.0 Å². The van der Waals surface area contributed by atoms with E-state index in [0.717, 1.165) is 0 Å². The molecule has 0 spiro atoms. The van der Waals surface area contributed by atoms with Crippen molar-refractivity contribution in [2.24, 2.45) is 17.3 Å². The van der Waals surface area contributed by atoms with E-state index in [2.05, 4.69) is 4.72 Å². The maximum Gasteiger partial charge on any atom is 0.307 e. The number of aliphatic carboxylic acids is 1. The summed E-state index contributed by atoms with van der Waals surface area (Å²) in [6, 6.07) is 1.30. The number of hydrogen-bond donors (Lipinski definition) is 2. The summed E-state index contributed by atoms with van der Waals surface area (Å²) in [5, 5.41) is 17.7. The van der Waals surface area contributed by atoms with Crippen molar-refractivity contribution in [1.82, 2.24) is 4.72 Å². The molecule has 0 aromatic rings. The van der Waals surface area contributed by atoms with Crippen LogP contribution in [0, 0.1) is 28.6 Å². The molecule has 1 fully saturated rings. The quantitative estimate of drug-likeness (QED) is 0.801. The summed E-state index contributed by atoms with van der Waals surface area (Å²) in [6.45, 7) is 5.55. The van der Waals surface area contributed by atoms with Gasteiger partial charge in [0.25, 0.3) is 0 Å². The van der Waals surface area contributed by atoms with Crippen LogP contribution in [0.25, 0.3) is 0 Å². The van der Waals surface area contributed by atoms with Crippen molar-refractivity contribution in [3.63, 3.8) is 0 Å². The van der Waals surface area contributed by atoms with Gasteiger partial charge in [0.2, 0.25) is 10.0 Å². The summed E-state index contributed by atoms with van der Waals surface area (Å²) in [4.78, 5) is 11.2. The molecule has 0 bridgehead atoms. The molecule has 3 atom stereocenters. The first-order valence-corrected chi connectivity index (χ1v) is 7.87. The van der Waals surface area contributed by atoms with E-state index in [9.17, 15) is 18.3 Å². The number of nitrogens with one attached hydrogen (secondary N) is 1. The van der Waals surface area contributed by atoms with Crippen LogP contribution in [0.2, 0.25) is 0 Å². The molecule has 1 rings (SSSR count). The van der Waals surface area contributed by atoms with E-state index < -0.39 is 33.1 Å². The Morgan fingerprint density at radius 1 is 1.47 bits per heavy atom. The zero-order chi connectivity index (χ0) is 14.8. The summed E-state index contributed by atoms with van der Waals surface area (Å²) in [5.74, 6) is -2.00. The van der Waals surface area contributed by atoms with E-state index >= 15 is 0 Å². The van der Waals surface area contributed by atoms with Crippen molar-refractivity contribution in [2.45, 2.75) is 39.7 Å². The highest BCUT2D eigenvalue weighted by molar-refractivity contribution is 7.89. The summed E-state index contributed by atoms with van der Waals surface area (Å²) in [7, 11) is -3.61. The number of carbonyl (C=O) groups is 1. The molecule has 0 radical (unpaired) electrons. The Bertz CT molecular complexity index is 492. The van der Waals surface area contributed by atoms with Gasteiger partial charge in [0.05, 0.1) is 12.0 Å². The molecule has 19 heavy (non-hydrogen) atoms. The van der Waals surface area contributed by atoms with Gasteiger partial charge >= 0.3 is 5.97 Å². The number of hydrogen-bond acceptors (Lipinski definition) is 4. The predicted octanol–water partition coefficient (Wildman–Crippen LogP) is 0.955. The Hall–Kier alpha value is -1.13. The first-order chi connectivity index (χ1) is 8.62. The smallest absolute Gasteiger partial charge is 0.307 e. The first-order valence-electron chi connectivity index (χ1n) is 6.21. The highest BCUT2D eigenvalue weighted by Crippen LogP contribution is 2.45. The van der Waals surface area contributed by atoms with Crippen molar-refractivity contribution < 1.29 is 18.3 Å². The van der Waals surface area contributed by atoms with Crippen LogP contribution in [-0.4, -0.2) is 31.3 Å². The molecule has 0 saturated heterocycles. The highest BCUT2D eigenvalue weighted by Gasteiger charge is 2.46. The molecule has 0 amide bonds. The van der Waals surface area contributed by atoms with Gasteiger partial charge in [0.15, 0.2) is 5.75 Å². The van der Waals surface area contributed by atoms with Crippen LogP contribution in [0.5, 0.6) is 0 Å². The fraction of sp³-hybridized carbons (Fsp3) is 0.833. The SMILES string of the molecule is CC1C(NS(=O)(=O)CC#N)CCC(C(=O)O)C1(C)C. The molecule has 2 N–H and O–H groups in total. The minimum absolute atomic E-state index is 0.115. The highest BCUT2D eigenvalue weighted by atomic mass is 32.2. The Balaban J connectivity index is 2.88. The molecule has 0 aromatic heterocycles. The molecule has 0 heterocycles. The van der Waals surface area contributed by atoms with Crippen LogP contribution in [-0.2, 0) is 14.8 Å². The Morgan fingerprint density at radius 2 is 2.05 bits per heavy atom. The number of rotatable bonds is 4. The standard InChI is InChI=1S/C12H20N2O4S/c1-8-10(14-19(17,18)7-6-13)5-4-9(11(15)16)12(8,2)3/h8-10,14H,4-5,7H2,1-3H3,(H,15,16). The second-order valence-corrected chi connectivity index (χ2v) is 7.47. The molecular formula is C12H20N2O4S. The van der Waals surface area contributed by atoms with Crippen LogP contribution in [0.4, 0.5) is 0 Å². The molecule has 6 nitrogen and oxygen atoms in total. The van der Waals surface area contributed by atoms with Gasteiger partial charge in [-0.25, -0.2) is 13.1 Å². The van der Waals surface area contributed by atoms with Crippen LogP contribution in [0.3, 0.4) is 0 Å². The van der Waals surface area contributed by atoms with Crippen molar-refractivity contribution in [2.75, 3.05) is 5.75 Å². The molecule has 1 saturated carbocycles. The van der Waals surface area contributed by atoms with Crippen molar-refractivity contribution in [1.29, 1.82) is 5.26 Å². The van der Waals surface area contributed by atoms with E-state index in [1.54, 1.807) is 6.07 Å². The van der Waals surface area contributed by atoms with Crippen LogP contribution in [0.1, 0.15) is 33.6 Å². The first kappa shape index (κ1) is 15.9.